The van der Waals surface area contributed by atoms with Crippen molar-refractivity contribution in [3.63, 3.8) is 0 Å². The minimum Gasteiger partial charge on any atom is -0.348 e. The van der Waals surface area contributed by atoms with Gasteiger partial charge in [0.15, 0.2) is 11.4 Å². The lowest BCUT2D eigenvalue weighted by Gasteiger charge is -2.17. The summed E-state index contributed by atoms with van der Waals surface area (Å²) in [6, 6.07) is 15.7. The molecule has 5 nitrogen and oxygen atoms in total. The molecule has 194 valence electrons. The molecule has 0 atom stereocenters. The van der Waals surface area contributed by atoms with Crippen LogP contribution in [0, 0.1) is 13.8 Å². The molecule has 0 bridgehead atoms. The quantitative estimate of drug-likeness (QED) is 0.395. The van der Waals surface area contributed by atoms with Gasteiger partial charge in [-0.1, -0.05) is 52.0 Å². The predicted molar refractivity (Wildman–Crippen MR) is 148 cm³/mol. The van der Waals surface area contributed by atoms with E-state index in [1.54, 1.807) is 0 Å². The summed E-state index contributed by atoms with van der Waals surface area (Å²) in [6.07, 6.45) is 2.10. The van der Waals surface area contributed by atoms with Gasteiger partial charge in [-0.3, -0.25) is 9.59 Å². The van der Waals surface area contributed by atoms with E-state index in [4.69, 9.17) is 0 Å². The summed E-state index contributed by atoms with van der Waals surface area (Å²) in [6.45, 7) is 14.7. The third kappa shape index (κ3) is 5.76. The Morgan fingerprint density at radius 1 is 0.757 bits per heavy atom. The number of hydrogen-bond donors (Lipinski definition) is 2. The van der Waals surface area contributed by atoms with Crippen molar-refractivity contribution in [1.29, 1.82) is 0 Å². The van der Waals surface area contributed by atoms with E-state index in [-0.39, 0.29) is 11.8 Å². The zero-order valence-electron chi connectivity index (χ0n) is 23.1. The van der Waals surface area contributed by atoms with Gasteiger partial charge >= 0.3 is 0 Å². The first-order valence-electron chi connectivity index (χ1n) is 13.5. The lowest BCUT2D eigenvalue weighted by atomic mass is 9.97. The minimum atomic E-state index is -0.0701. The van der Waals surface area contributed by atoms with Crippen LogP contribution >= 0.6 is 0 Å². The molecular weight excluding hydrogens is 458 g/mol. The van der Waals surface area contributed by atoms with Crippen LogP contribution in [0.3, 0.4) is 0 Å². The van der Waals surface area contributed by atoms with Gasteiger partial charge in [0.25, 0.3) is 11.8 Å². The van der Waals surface area contributed by atoms with E-state index in [9.17, 15) is 9.59 Å². The fourth-order valence-corrected chi connectivity index (χ4v) is 5.27. The van der Waals surface area contributed by atoms with Gasteiger partial charge in [0, 0.05) is 55.1 Å². The average molecular weight is 499 g/mol. The van der Waals surface area contributed by atoms with Crippen LogP contribution in [0.5, 0.6) is 0 Å². The van der Waals surface area contributed by atoms with Crippen molar-refractivity contribution >= 4 is 11.8 Å². The molecule has 2 amide bonds. The highest BCUT2D eigenvalue weighted by molar-refractivity contribution is 5.94. The topological polar surface area (TPSA) is 62.1 Å². The average Bonchev–Trinajstić information content (AvgIpc) is 3.38. The number of aromatic nitrogens is 1. The number of hydrogen-bond acceptors (Lipinski definition) is 2. The maximum absolute atomic E-state index is 12.9. The summed E-state index contributed by atoms with van der Waals surface area (Å²) in [5.74, 6) is 0.737. The first kappa shape index (κ1) is 26.6. The molecule has 1 aliphatic heterocycles. The van der Waals surface area contributed by atoms with Crippen molar-refractivity contribution in [3.8, 4) is 0 Å². The van der Waals surface area contributed by atoms with Gasteiger partial charge in [-0.05, 0) is 59.7 Å². The number of pyridine rings is 1. The normalized spacial score (nSPS) is 12.6. The van der Waals surface area contributed by atoms with Gasteiger partial charge in [0.1, 0.15) is 6.54 Å². The molecule has 0 saturated heterocycles. The zero-order chi connectivity index (χ0) is 26.7. The lowest BCUT2D eigenvalue weighted by molar-refractivity contribution is -0.697. The number of carbonyl (C=O) groups is 2. The maximum atomic E-state index is 12.9. The predicted octanol–water partition coefficient (Wildman–Crippen LogP) is 5.64. The van der Waals surface area contributed by atoms with Crippen LogP contribution in [-0.2, 0) is 26.1 Å². The van der Waals surface area contributed by atoms with Gasteiger partial charge in [0.2, 0.25) is 0 Å². The molecule has 2 heterocycles. The number of nitrogens with zero attached hydrogens (tertiary/aromatic N) is 1. The van der Waals surface area contributed by atoms with E-state index in [1.165, 1.54) is 28.1 Å². The first-order chi connectivity index (χ1) is 17.7. The van der Waals surface area contributed by atoms with Crippen LogP contribution in [0.1, 0.15) is 106 Å². The molecule has 0 radical (unpaired) electrons. The Kier molecular flexibility index (Phi) is 8.11. The number of rotatable bonds is 8. The van der Waals surface area contributed by atoms with Crippen LogP contribution in [0.2, 0.25) is 0 Å². The monoisotopic (exact) mass is 498 g/mol. The third-order valence-electron chi connectivity index (χ3n) is 7.75. The maximum Gasteiger partial charge on any atom is 0.251 e. The van der Waals surface area contributed by atoms with E-state index in [1.807, 2.05) is 48.5 Å². The summed E-state index contributed by atoms with van der Waals surface area (Å²) < 4.78 is 2.37. The Hall–Kier alpha value is -3.47. The highest BCUT2D eigenvalue weighted by Crippen LogP contribution is 2.24. The molecule has 1 aromatic heterocycles. The second-order valence-electron chi connectivity index (χ2n) is 10.8. The van der Waals surface area contributed by atoms with E-state index in [2.05, 4.69) is 56.7 Å². The van der Waals surface area contributed by atoms with Gasteiger partial charge < -0.3 is 10.6 Å². The van der Waals surface area contributed by atoms with Gasteiger partial charge in [-0.25, -0.2) is 0 Å². The molecule has 0 saturated carbocycles. The molecule has 4 rings (SSSR count). The van der Waals surface area contributed by atoms with E-state index in [0.717, 1.165) is 30.5 Å². The van der Waals surface area contributed by atoms with Crippen LogP contribution in [0.4, 0.5) is 0 Å². The molecule has 37 heavy (non-hydrogen) atoms. The fourth-order valence-electron chi connectivity index (χ4n) is 5.27. The van der Waals surface area contributed by atoms with Crippen molar-refractivity contribution in [1.82, 2.24) is 10.6 Å². The SMILES string of the molecule is Cc1c(CNC(=O)c2ccc(C(C)C)cc2)c(C)[n+]2c(c1CNC(=O)c1ccc(C(C)C)cc1)CCC2. The van der Waals surface area contributed by atoms with Crippen LogP contribution in [0.25, 0.3) is 0 Å². The summed E-state index contributed by atoms with van der Waals surface area (Å²) in [5.41, 5.74) is 9.73. The zero-order valence-corrected chi connectivity index (χ0v) is 23.1. The van der Waals surface area contributed by atoms with Crippen molar-refractivity contribution in [2.24, 2.45) is 0 Å². The van der Waals surface area contributed by atoms with Crippen molar-refractivity contribution in [2.75, 3.05) is 0 Å². The molecule has 2 N–H and O–H groups in total. The molecule has 2 aromatic carbocycles. The summed E-state index contributed by atoms with van der Waals surface area (Å²) in [5, 5.41) is 6.28. The number of amides is 2. The summed E-state index contributed by atoms with van der Waals surface area (Å²) >= 11 is 0. The van der Waals surface area contributed by atoms with Crippen molar-refractivity contribution in [3.05, 3.63) is 98.9 Å². The Morgan fingerprint density at radius 2 is 1.22 bits per heavy atom. The Morgan fingerprint density at radius 3 is 1.68 bits per heavy atom. The van der Waals surface area contributed by atoms with Gasteiger partial charge in [-0.2, -0.15) is 4.57 Å². The molecule has 5 heteroatoms. The first-order valence-corrected chi connectivity index (χ1v) is 13.5. The number of carbonyl (C=O) groups excluding carboxylic acids is 2. The molecule has 0 fully saturated rings. The van der Waals surface area contributed by atoms with E-state index >= 15 is 0 Å². The molecule has 0 spiro atoms. The van der Waals surface area contributed by atoms with Crippen molar-refractivity contribution < 1.29 is 14.2 Å². The summed E-state index contributed by atoms with van der Waals surface area (Å²) in [7, 11) is 0. The minimum absolute atomic E-state index is 0.0632. The van der Waals surface area contributed by atoms with Crippen LogP contribution in [-0.4, -0.2) is 11.8 Å². The Labute approximate surface area is 221 Å². The van der Waals surface area contributed by atoms with Crippen LogP contribution in [0.15, 0.2) is 48.5 Å². The van der Waals surface area contributed by atoms with E-state index in [0.29, 0.717) is 36.1 Å². The van der Waals surface area contributed by atoms with Crippen molar-refractivity contribution in [2.45, 2.75) is 85.9 Å². The largest absolute Gasteiger partial charge is 0.348 e. The smallest absolute Gasteiger partial charge is 0.251 e. The summed E-state index contributed by atoms with van der Waals surface area (Å²) in [4.78, 5) is 25.8. The Bertz CT molecular complexity index is 1290. The highest BCUT2D eigenvalue weighted by Gasteiger charge is 2.30. The number of benzene rings is 2. The van der Waals surface area contributed by atoms with Gasteiger partial charge in [0.05, 0.1) is 0 Å². The molecule has 3 aromatic rings. The molecule has 0 aliphatic carbocycles. The van der Waals surface area contributed by atoms with Crippen LogP contribution < -0.4 is 15.2 Å². The number of fused-ring (bicyclic) bond motifs is 1. The Balaban J connectivity index is 1.51. The van der Waals surface area contributed by atoms with Gasteiger partial charge in [-0.15, -0.1) is 0 Å². The molecule has 1 aliphatic rings. The lowest BCUT2D eigenvalue weighted by Crippen LogP contribution is -2.41. The molecule has 0 unspecified atom stereocenters. The second kappa shape index (κ2) is 11.3. The standard InChI is InChI=1S/C32H39N3O2/c1-20(2)24-9-13-26(14-10-24)31(36)33-18-28-22(5)29(30-8-7-17-35(30)23(28)6)19-34-32(37)27-15-11-25(12-16-27)21(3)4/h9-16,20-21H,7-8,17-19H2,1-6H3,(H-,33,34,36,37)/p+1. The second-order valence-corrected chi connectivity index (χ2v) is 10.8. The highest BCUT2D eigenvalue weighted by atomic mass is 16.2. The molecular formula is C32H40N3O2+. The number of nitrogens with one attached hydrogen (secondary N) is 2. The third-order valence-corrected chi connectivity index (χ3v) is 7.75. The van der Waals surface area contributed by atoms with E-state index < -0.39 is 0 Å². The fraction of sp³-hybridized carbons (Fsp3) is 0.406.